The van der Waals surface area contributed by atoms with Crippen LogP contribution in [0.1, 0.15) is 40.3 Å². The zero-order valence-electron chi connectivity index (χ0n) is 38.2. The van der Waals surface area contributed by atoms with Gasteiger partial charge in [0.25, 0.3) is 0 Å². The van der Waals surface area contributed by atoms with Crippen LogP contribution in [-0.4, -0.2) is 28.2 Å². The van der Waals surface area contributed by atoms with E-state index in [-0.39, 0.29) is 5.92 Å². The molecule has 0 saturated heterocycles. The molecule has 0 saturated carbocycles. The first-order chi connectivity index (χ1) is 34.5. The third-order valence-corrected chi connectivity index (χ3v) is 15.1. The summed E-state index contributed by atoms with van der Waals surface area (Å²) < 4.78 is 9.73. The van der Waals surface area contributed by atoms with Gasteiger partial charge in [0, 0.05) is 77.7 Å². The van der Waals surface area contributed by atoms with E-state index in [1.54, 1.807) is 0 Å². The molecule has 70 heavy (non-hydrogen) atoms. The topological polar surface area (TPSA) is 45.5 Å². The molecule has 0 spiro atoms. The summed E-state index contributed by atoms with van der Waals surface area (Å²) in [5.41, 5.74) is 21.8. The van der Waals surface area contributed by atoms with Crippen molar-refractivity contribution >= 4 is 95.7 Å². The van der Waals surface area contributed by atoms with Gasteiger partial charge in [0.1, 0.15) is 11.3 Å². The molecular weight excluding hydrogens is 853 g/mol. The molecule has 6 heteroatoms. The summed E-state index contributed by atoms with van der Waals surface area (Å²) in [4.78, 5) is 11.8. The predicted octanol–water partition coefficient (Wildman–Crippen LogP) is 16.4. The van der Waals surface area contributed by atoms with Gasteiger partial charge in [-0.1, -0.05) is 123 Å². The van der Waals surface area contributed by atoms with Gasteiger partial charge in [-0.2, -0.15) is 0 Å². The van der Waals surface area contributed by atoms with Gasteiger partial charge in [-0.05, 0) is 120 Å². The van der Waals surface area contributed by atoms with E-state index in [4.69, 9.17) is 9.97 Å². The molecule has 2 aliphatic heterocycles. The summed E-state index contributed by atoms with van der Waals surface area (Å²) in [6.07, 6.45) is 15.5. The SMILES string of the molecule is C=Cc1ccc2c(c1)c1c3cc(C=C)ccc3n3c1n2C1=CC(CC=C1)c1nc2c(nc1-c1cccc-3c1)-c1cccc(c1)-n1c3ccc(C=C)cc3c3c4cc(C=C)ccc4n(c31)-c1cccc-2c1. The average Bonchev–Trinajstić information content (AvgIpc) is 4.13. The molecule has 1 aliphatic carbocycles. The maximum Gasteiger partial charge on any atom is 0.131 e. The van der Waals surface area contributed by atoms with Gasteiger partial charge < -0.3 is 0 Å². The monoisotopic (exact) mass is 894 g/mol. The lowest BCUT2D eigenvalue weighted by atomic mass is 9.91. The fraction of sp³-hybridized carbons (Fsp3) is 0.0312. The van der Waals surface area contributed by atoms with Gasteiger partial charge in [-0.3, -0.25) is 18.3 Å². The molecule has 8 bridgehead atoms. The number of allylic oxidation sites excluding steroid dienone is 4. The molecule has 0 fully saturated rings. The molecule has 6 nitrogen and oxygen atoms in total. The highest BCUT2D eigenvalue weighted by Crippen LogP contribution is 2.48. The van der Waals surface area contributed by atoms with E-state index in [2.05, 4.69) is 208 Å². The van der Waals surface area contributed by atoms with Crippen molar-refractivity contribution in [3.05, 3.63) is 218 Å². The molecule has 0 amide bonds. The Bertz CT molecular complexity index is 4470. The number of benzene rings is 7. The van der Waals surface area contributed by atoms with E-state index in [9.17, 15) is 0 Å². The molecular formula is C64H42N6. The van der Waals surface area contributed by atoms with Crippen molar-refractivity contribution in [3.63, 3.8) is 0 Å². The summed E-state index contributed by atoms with van der Waals surface area (Å²) in [5.74, 6) is -0.0768. The Labute approximate surface area is 403 Å². The average molecular weight is 895 g/mol. The molecule has 328 valence electrons. The molecule has 7 heterocycles. The van der Waals surface area contributed by atoms with Crippen molar-refractivity contribution in [2.75, 3.05) is 0 Å². The fourth-order valence-electron chi connectivity index (χ4n) is 11.9. The highest BCUT2D eigenvalue weighted by Gasteiger charge is 2.30. The number of hydrogen-bond acceptors (Lipinski definition) is 2. The molecule has 3 aliphatic rings. The zero-order valence-corrected chi connectivity index (χ0v) is 38.2. The van der Waals surface area contributed by atoms with Crippen LogP contribution in [0.25, 0.3) is 147 Å². The maximum absolute atomic E-state index is 5.90. The lowest BCUT2D eigenvalue weighted by Gasteiger charge is -2.22. The second-order valence-electron chi connectivity index (χ2n) is 18.8. The normalized spacial score (nSPS) is 14.3. The summed E-state index contributed by atoms with van der Waals surface area (Å²) in [7, 11) is 0. The molecule has 0 N–H and O–H groups in total. The predicted molar refractivity (Wildman–Crippen MR) is 294 cm³/mol. The lowest BCUT2D eigenvalue weighted by Crippen LogP contribution is -2.10. The van der Waals surface area contributed by atoms with Crippen molar-refractivity contribution in [1.82, 2.24) is 28.2 Å². The van der Waals surface area contributed by atoms with Gasteiger partial charge in [-0.15, -0.1) is 0 Å². The first kappa shape index (κ1) is 38.8. The first-order valence-corrected chi connectivity index (χ1v) is 23.9. The highest BCUT2D eigenvalue weighted by molar-refractivity contribution is 6.25. The van der Waals surface area contributed by atoms with Crippen molar-refractivity contribution in [1.29, 1.82) is 0 Å². The highest BCUT2D eigenvalue weighted by atomic mass is 15.2. The number of aromatic nitrogens is 6. The number of nitrogens with zero attached hydrogens (tertiary/aromatic N) is 6. The molecule has 1 unspecified atom stereocenters. The molecule has 12 aromatic rings. The van der Waals surface area contributed by atoms with Crippen molar-refractivity contribution < 1.29 is 0 Å². The Balaban J connectivity index is 1.05. The standard InChI is InChI=1S/C64H42N6/c1-5-37-21-25-53-49(29-37)57-50-30-38(6-2)22-26-54(50)68-46-18-10-14-42(34-46)60-59(41-13-9-17-45(33-41)67(53)63(57)68)65-61-43-15-11-19-47(35-43)69-55-27-23-39(7-3)31-51(55)58-52-32-40(8-4)24-28-56(52)70(64(58)69)48-20-12-16-44(36-48)62(61)66-60/h5-15,17-36,44H,1-4,16H2. The van der Waals surface area contributed by atoms with Gasteiger partial charge in [0.15, 0.2) is 0 Å². The van der Waals surface area contributed by atoms with Gasteiger partial charge in [0.2, 0.25) is 0 Å². The van der Waals surface area contributed by atoms with Gasteiger partial charge >= 0.3 is 0 Å². The van der Waals surface area contributed by atoms with E-state index < -0.39 is 0 Å². The van der Waals surface area contributed by atoms with Crippen molar-refractivity contribution in [2.24, 2.45) is 0 Å². The molecule has 1 atom stereocenters. The van der Waals surface area contributed by atoms with Crippen LogP contribution in [0.3, 0.4) is 0 Å². The zero-order chi connectivity index (χ0) is 46.5. The van der Waals surface area contributed by atoms with Crippen LogP contribution in [0.2, 0.25) is 0 Å². The van der Waals surface area contributed by atoms with E-state index in [1.165, 1.54) is 32.3 Å². The Morgan fingerprint density at radius 1 is 0.429 bits per heavy atom. The summed E-state index contributed by atoms with van der Waals surface area (Å²) in [5, 5.41) is 7.10. The van der Waals surface area contributed by atoms with Crippen LogP contribution in [0.5, 0.6) is 0 Å². The third kappa shape index (κ3) is 5.16. The summed E-state index contributed by atoms with van der Waals surface area (Å²) in [6.45, 7) is 16.6. The minimum atomic E-state index is -0.0768. The van der Waals surface area contributed by atoms with Crippen LogP contribution in [0, 0.1) is 0 Å². The maximum atomic E-state index is 5.90. The number of rotatable bonds is 4. The smallest absolute Gasteiger partial charge is 0.131 e. The number of hydrogen-bond donors (Lipinski definition) is 0. The van der Waals surface area contributed by atoms with E-state index in [0.717, 1.165) is 124 Å². The van der Waals surface area contributed by atoms with E-state index in [0.29, 0.717) is 0 Å². The number of fused-ring (bicyclic) bond motifs is 29. The van der Waals surface area contributed by atoms with Crippen LogP contribution < -0.4 is 0 Å². The molecule has 0 radical (unpaired) electrons. The first-order valence-electron chi connectivity index (χ1n) is 23.9. The second kappa shape index (κ2) is 14.1. The summed E-state index contributed by atoms with van der Waals surface area (Å²) in [6, 6.07) is 53.4. The Hall–Kier alpha value is -9.26. The second-order valence-corrected chi connectivity index (χ2v) is 18.8. The van der Waals surface area contributed by atoms with E-state index in [1.807, 2.05) is 24.3 Å². The molecule has 5 aromatic heterocycles. The molecule has 15 rings (SSSR count). The van der Waals surface area contributed by atoms with Crippen molar-refractivity contribution in [3.8, 4) is 50.8 Å². The van der Waals surface area contributed by atoms with Gasteiger partial charge in [-0.25, -0.2) is 9.97 Å². The van der Waals surface area contributed by atoms with Crippen LogP contribution in [0.15, 0.2) is 190 Å². The minimum Gasteiger partial charge on any atom is -0.295 e. The fourth-order valence-corrected chi connectivity index (χ4v) is 11.9. The Morgan fingerprint density at radius 3 is 1.27 bits per heavy atom. The lowest BCUT2D eigenvalue weighted by molar-refractivity contribution is 0.809. The third-order valence-electron chi connectivity index (χ3n) is 15.1. The van der Waals surface area contributed by atoms with Crippen LogP contribution in [0.4, 0.5) is 0 Å². The van der Waals surface area contributed by atoms with Gasteiger partial charge in [0.05, 0.1) is 44.8 Å². The summed E-state index contributed by atoms with van der Waals surface area (Å²) >= 11 is 0. The van der Waals surface area contributed by atoms with Crippen LogP contribution in [-0.2, 0) is 0 Å². The minimum absolute atomic E-state index is 0.0768. The van der Waals surface area contributed by atoms with E-state index >= 15 is 0 Å². The molecule has 7 aromatic carbocycles. The Kier molecular flexibility index (Phi) is 7.84. The largest absolute Gasteiger partial charge is 0.295 e. The van der Waals surface area contributed by atoms with Crippen molar-refractivity contribution in [2.45, 2.75) is 12.3 Å². The van der Waals surface area contributed by atoms with Crippen LogP contribution >= 0.6 is 0 Å². The quantitative estimate of drug-likeness (QED) is 0.177. The Morgan fingerprint density at radius 2 is 0.829 bits per heavy atom.